The van der Waals surface area contributed by atoms with Crippen molar-refractivity contribution < 1.29 is 24.2 Å². The minimum Gasteiger partial charge on any atom is -0.505 e. The number of nitrogens with one attached hydrogen (secondary N) is 1. The number of amides is 2. The Labute approximate surface area is 165 Å². The first-order valence-electron chi connectivity index (χ1n) is 8.98. The van der Waals surface area contributed by atoms with Gasteiger partial charge in [0.2, 0.25) is 5.91 Å². The van der Waals surface area contributed by atoms with Gasteiger partial charge in [-0.15, -0.1) is 11.3 Å². The van der Waals surface area contributed by atoms with Crippen molar-refractivity contribution in [2.45, 2.75) is 38.3 Å². The van der Waals surface area contributed by atoms with Crippen molar-refractivity contribution in [1.82, 2.24) is 15.2 Å². The fourth-order valence-electron chi connectivity index (χ4n) is 3.23. The third-order valence-corrected chi connectivity index (χ3v) is 5.37. The molecule has 0 radical (unpaired) electrons. The maximum atomic E-state index is 13.5. The number of benzene rings is 1. The highest BCUT2D eigenvalue weighted by Crippen LogP contribution is 2.20. The highest BCUT2D eigenvalue weighted by Gasteiger charge is 2.30. The molecule has 1 saturated heterocycles. The summed E-state index contributed by atoms with van der Waals surface area (Å²) in [7, 11) is 0. The molecule has 2 atom stereocenters. The summed E-state index contributed by atoms with van der Waals surface area (Å²) in [6, 6.07) is 3.01. The van der Waals surface area contributed by atoms with E-state index in [-0.39, 0.29) is 37.0 Å². The predicted molar refractivity (Wildman–Crippen MR) is 102 cm³/mol. The second-order valence-electron chi connectivity index (χ2n) is 6.89. The molecule has 0 saturated carbocycles. The molecule has 1 aliphatic rings. The first-order valence-corrected chi connectivity index (χ1v) is 9.86. The maximum absolute atomic E-state index is 13.5. The molecule has 150 valence electrons. The molecule has 1 aromatic carbocycles. The van der Waals surface area contributed by atoms with Crippen LogP contribution in [0.15, 0.2) is 23.6 Å². The number of rotatable bonds is 5. The highest BCUT2D eigenvalue weighted by molar-refractivity contribution is 7.09. The number of aryl methyl sites for hydroxylation is 2. The van der Waals surface area contributed by atoms with Gasteiger partial charge in [0.1, 0.15) is 0 Å². The number of carbonyl (C=O) groups is 2. The van der Waals surface area contributed by atoms with Crippen molar-refractivity contribution in [2.24, 2.45) is 0 Å². The lowest BCUT2D eigenvalue weighted by Gasteiger charge is -2.36. The van der Waals surface area contributed by atoms with Gasteiger partial charge in [-0.05, 0) is 38.0 Å². The van der Waals surface area contributed by atoms with Crippen molar-refractivity contribution in [3.05, 3.63) is 45.7 Å². The van der Waals surface area contributed by atoms with Crippen molar-refractivity contribution in [1.29, 1.82) is 0 Å². The summed E-state index contributed by atoms with van der Waals surface area (Å²) in [6.45, 7) is 2.23. The number of aromatic hydroxyl groups is 1. The number of hydrogen-bond donors (Lipinski definition) is 3. The van der Waals surface area contributed by atoms with Crippen molar-refractivity contribution in [2.75, 3.05) is 13.1 Å². The molecule has 0 unspecified atom stereocenters. The number of aliphatic hydroxyl groups is 1. The standard InChI is InChI=1S/C19H22FN3O4S/c1-11-21-13(10-28-11)3-5-18(26)22-14-7-15(24)9-23(8-14)19(27)12-2-4-17(25)16(20)6-12/h2,4,6,10,14-15,24-25H,3,5,7-9H2,1H3,(H,22,26)/t14-,15+/m0/s1. The van der Waals surface area contributed by atoms with Crippen molar-refractivity contribution >= 4 is 23.2 Å². The molecule has 0 spiro atoms. The van der Waals surface area contributed by atoms with E-state index in [0.717, 1.165) is 22.8 Å². The summed E-state index contributed by atoms with van der Waals surface area (Å²) >= 11 is 1.53. The van der Waals surface area contributed by atoms with E-state index in [9.17, 15) is 24.2 Å². The number of thiazole rings is 1. The van der Waals surface area contributed by atoms with Gasteiger partial charge in [0, 0.05) is 36.5 Å². The average Bonchev–Trinajstić information content (AvgIpc) is 3.06. The van der Waals surface area contributed by atoms with Gasteiger partial charge in [0.25, 0.3) is 5.91 Å². The molecule has 1 aromatic heterocycles. The van der Waals surface area contributed by atoms with Gasteiger partial charge in [-0.3, -0.25) is 9.59 Å². The summed E-state index contributed by atoms with van der Waals surface area (Å²) in [5.41, 5.74) is 0.945. The first-order chi connectivity index (χ1) is 13.3. The molecule has 0 aliphatic carbocycles. The quantitative estimate of drug-likeness (QED) is 0.699. The minimum absolute atomic E-state index is 0.0772. The van der Waals surface area contributed by atoms with Crippen LogP contribution in [0.4, 0.5) is 4.39 Å². The summed E-state index contributed by atoms with van der Waals surface area (Å²) in [6.07, 6.45) is 0.356. The number of phenols is 1. The Kier molecular flexibility index (Phi) is 6.25. The lowest BCUT2D eigenvalue weighted by molar-refractivity contribution is -0.122. The number of phenolic OH excluding ortho intramolecular Hbond substituents is 1. The van der Waals surface area contributed by atoms with Gasteiger partial charge in [-0.2, -0.15) is 0 Å². The number of aromatic nitrogens is 1. The Bertz CT molecular complexity index is 873. The third kappa shape index (κ3) is 5.05. The molecule has 7 nitrogen and oxygen atoms in total. The van der Waals surface area contributed by atoms with Crippen LogP contribution in [0.3, 0.4) is 0 Å². The molecular formula is C19H22FN3O4S. The van der Waals surface area contributed by atoms with Gasteiger partial charge >= 0.3 is 0 Å². The molecule has 1 fully saturated rings. The number of halogens is 1. The summed E-state index contributed by atoms with van der Waals surface area (Å²) < 4.78 is 13.5. The smallest absolute Gasteiger partial charge is 0.254 e. The van der Waals surface area contributed by atoms with E-state index in [1.54, 1.807) is 0 Å². The number of carbonyl (C=O) groups excluding carboxylic acids is 2. The number of hydrogen-bond acceptors (Lipinski definition) is 6. The Balaban J connectivity index is 1.57. The number of piperidine rings is 1. The summed E-state index contributed by atoms with van der Waals surface area (Å²) in [4.78, 5) is 30.5. The van der Waals surface area contributed by atoms with E-state index in [2.05, 4.69) is 10.3 Å². The lowest BCUT2D eigenvalue weighted by Crippen LogP contribution is -2.54. The number of aliphatic hydroxyl groups excluding tert-OH is 1. The van der Waals surface area contributed by atoms with Gasteiger partial charge in [0.05, 0.1) is 16.8 Å². The van der Waals surface area contributed by atoms with Gasteiger partial charge in [0.15, 0.2) is 11.6 Å². The third-order valence-electron chi connectivity index (χ3n) is 4.55. The van der Waals surface area contributed by atoms with Crippen LogP contribution >= 0.6 is 11.3 Å². The Morgan fingerprint density at radius 1 is 1.39 bits per heavy atom. The van der Waals surface area contributed by atoms with E-state index in [1.165, 1.54) is 22.3 Å². The molecule has 28 heavy (non-hydrogen) atoms. The second kappa shape index (κ2) is 8.66. The fourth-order valence-corrected chi connectivity index (χ4v) is 3.88. The van der Waals surface area contributed by atoms with Gasteiger partial charge in [-0.25, -0.2) is 9.37 Å². The monoisotopic (exact) mass is 407 g/mol. The zero-order valence-electron chi connectivity index (χ0n) is 15.4. The second-order valence-corrected chi connectivity index (χ2v) is 7.95. The van der Waals surface area contributed by atoms with Crippen LogP contribution in [0.1, 0.15) is 33.9 Å². The zero-order valence-corrected chi connectivity index (χ0v) is 16.2. The van der Waals surface area contributed by atoms with Crippen LogP contribution in [0, 0.1) is 12.7 Å². The Morgan fingerprint density at radius 2 is 2.18 bits per heavy atom. The minimum atomic E-state index is -0.884. The average molecular weight is 407 g/mol. The van der Waals surface area contributed by atoms with Crippen molar-refractivity contribution in [3.63, 3.8) is 0 Å². The van der Waals surface area contributed by atoms with Crippen molar-refractivity contribution in [3.8, 4) is 5.75 Å². The van der Waals surface area contributed by atoms with Crippen LogP contribution in [-0.4, -0.2) is 57.1 Å². The summed E-state index contributed by atoms with van der Waals surface area (Å²) in [5, 5.41) is 25.1. The van der Waals surface area contributed by atoms with Crippen LogP contribution in [0.25, 0.3) is 0 Å². The van der Waals surface area contributed by atoms with E-state index in [1.807, 2.05) is 12.3 Å². The normalized spacial score (nSPS) is 19.5. The predicted octanol–water partition coefficient (Wildman–Crippen LogP) is 1.62. The molecule has 2 amide bonds. The van der Waals surface area contributed by atoms with Crippen LogP contribution in [0.2, 0.25) is 0 Å². The molecule has 0 bridgehead atoms. The number of nitrogens with zero attached hydrogens (tertiary/aromatic N) is 2. The molecule has 9 heteroatoms. The topological polar surface area (TPSA) is 103 Å². The molecule has 3 rings (SSSR count). The number of likely N-dealkylation sites (tertiary alicyclic amines) is 1. The van der Waals surface area contributed by atoms with E-state index in [4.69, 9.17) is 0 Å². The molecular weight excluding hydrogens is 385 g/mol. The van der Waals surface area contributed by atoms with Crippen LogP contribution in [-0.2, 0) is 11.2 Å². The van der Waals surface area contributed by atoms with Crippen LogP contribution < -0.4 is 5.32 Å². The lowest BCUT2D eigenvalue weighted by atomic mass is 10.0. The first kappa shape index (κ1) is 20.2. The van der Waals surface area contributed by atoms with E-state index < -0.39 is 23.6 Å². The molecule has 2 heterocycles. The Morgan fingerprint density at radius 3 is 2.86 bits per heavy atom. The van der Waals surface area contributed by atoms with Gasteiger partial charge in [-0.1, -0.05) is 0 Å². The number of β-amino-alcohol motifs (C(OH)–C–C–N with tert-alkyl or cyclic N) is 1. The SMILES string of the molecule is Cc1nc(CCC(=O)N[C@H]2C[C@@H](O)CN(C(=O)c3ccc(O)c(F)c3)C2)cs1. The largest absolute Gasteiger partial charge is 0.505 e. The zero-order chi connectivity index (χ0) is 20.3. The highest BCUT2D eigenvalue weighted by atomic mass is 32.1. The molecule has 1 aliphatic heterocycles. The fraction of sp³-hybridized carbons (Fsp3) is 0.421. The molecule has 2 aromatic rings. The van der Waals surface area contributed by atoms with E-state index >= 15 is 0 Å². The van der Waals surface area contributed by atoms with Gasteiger partial charge < -0.3 is 20.4 Å². The summed E-state index contributed by atoms with van der Waals surface area (Å²) in [5.74, 6) is -2.05. The Hall–Kier alpha value is -2.52. The maximum Gasteiger partial charge on any atom is 0.254 e. The van der Waals surface area contributed by atoms with Crippen LogP contribution in [0.5, 0.6) is 5.75 Å². The molecule has 3 N–H and O–H groups in total. The van der Waals surface area contributed by atoms with E-state index in [0.29, 0.717) is 12.8 Å².